The van der Waals surface area contributed by atoms with Gasteiger partial charge in [-0.1, -0.05) is 20.8 Å². The van der Waals surface area contributed by atoms with E-state index in [9.17, 15) is 43.2 Å². The molecular formula is C15H30F6N2O7S2Si. The lowest BCUT2D eigenvalue weighted by Gasteiger charge is -2.37. The Morgan fingerprint density at radius 1 is 0.879 bits per heavy atom. The van der Waals surface area contributed by atoms with Crippen LogP contribution in [0.2, 0.25) is 0 Å². The number of alkyl halides is 6. The average Bonchev–Trinajstić information content (AvgIpc) is 3.00. The van der Waals surface area contributed by atoms with Gasteiger partial charge in [0.25, 0.3) is 0 Å². The van der Waals surface area contributed by atoms with Crippen LogP contribution in [0.5, 0.6) is 0 Å². The Kier molecular flexibility index (Phi) is 10.5. The smallest absolute Gasteiger partial charge is 0.421 e. The van der Waals surface area contributed by atoms with Gasteiger partial charge >= 0.3 is 19.8 Å². The summed E-state index contributed by atoms with van der Waals surface area (Å²) in [6.45, 7) is 9.38. The van der Waals surface area contributed by atoms with E-state index in [0.717, 1.165) is 20.7 Å². The molecule has 0 radical (unpaired) electrons. The third-order valence-electron chi connectivity index (χ3n) is 5.19. The van der Waals surface area contributed by atoms with Crippen molar-refractivity contribution in [2.24, 2.45) is 11.3 Å². The van der Waals surface area contributed by atoms with Crippen LogP contribution >= 0.6 is 0 Å². The molecule has 0 aromatic rings. The number of halogens is 6. The van der Waals surface area contributed by atoms with E-state index >= 15 is 0 Å². The normalized spacial score (nSPS) is 23.2. The highest BCUT2D eigenvalue weighted by Crippen LogP contribution is 2.37. The standard InChI is InChI=1S/C13H30NO3Si.C2F6NO4S2/c1-13(2,3)12-8-9-14(4,10-12)11-18(15-5,16-6)17-7;3-1(4,5)14(10,11)9-15(12,13)2(6,7)8/h12H,8-11H2,1-7H3;/q+1;-1. The van der Waals surface area contributed by atoms with Crippen LogP contribution in [-0.4, -0.2) is 88.8 Å². The van der Waals surface area contributed by atoms with E-state index in [2.05, 4.69) is 27.8 Å². The van der Waals surface area contributed by atoms with E-state index in [1.807, 2.05) is 0 Å². The maximum Gasteiger partial charge on any atom is 0.558 e. The fourth-order valence-electron chi connectivity index (χ4n) is 3.16. The molecule has 9 nitrogen and oxygen atoms in total. The van der Waals surface area contributed by atoms with Gasteiger partial charge in [0.1, 0.15) is 6.17 Å². The topological polar surface area (TPSA) is 110 Å². The van der Waals surface area contributed by atoms with Crippen molar-refractivity contribution in [3.63, 3.8) is 0 Å². The molecule has 0 saturated carbocycles. The van der Waals surface area contributed by atoms with Gasteiger partial charge in [0.15, 0.2) is 20.0 Å². The van der Waals surface area contributed by atoms with Crippen LogP contribution in [0.15, 0.2) is 0 Å². The molecule has 1 aliphatic heterocycles. The molecule has 2 atom stereocenters. The second-order valence-electron chi connectivity index (χ2n) is 8.75. The zero-order valence-corrected chi connectivity index (χ0v) is 21.9. The molecule has 0 amide bonds. The highest BCUT2D eigenvalue weighted by Gasteiger charge is 2.51. The number of quaternary nitrogens is 1. The second-order valence-corrected chi connectivity index (χ2v) is 15.1. The molecule has 0 N–H and O–H groups in total. The van der Waals surface area contributed by atoms with Crippen molar-refractivity contribution in [1.29, 1.82) is 0 Å². The highest BCUT2D eigenvalue weighted by atomic mass is 32.3. The van der Waals surface area contributed by atoms with E-state index < -0.39 is 39.9 Å². The lowest BCUT2D eigenvalue weighted by atomic mass is 9.80. The number of sulfonamides is 2. The summed E-state index contributed by atoms with van der Waals surface area (Å²) >= 11 is 0. The Balaban J connectivity index is 0.000000633. The van der Waals surface area contributed by atoms with Crippen LogP contribution in [0.3, 0.4) is 0 Å². The van der Waals surface area contributed by atoms with Crippen molar-refractivity contribution in [3.05, 3.63) is 4.13 Å². The van der Waals surface area contributed by atoms with Crippen LogP contribution in [0, 0.1) is 11.3 Å². The molecule has 1 heterocycles. The lowest BCUT2D eigenvalue weighted by molar-refractivity contribution is -0.892. The number of nitrogens with zero attached hydrogens (tertiary/aromatic N) is 2. The fraction of sp³-hybridized carbons (Fsp3) is 1.00. The van der Waals surface area contributed by atoms with Crippen molar-refractivity contribution in [2.75, 3.05) is 47.6 Å². The molecule has 1 fully saturated rings. The summed E-state index contributed by atoms with van der Waals surface area (Å²) in [4.78, 5) is 0. The van der Waals surface area contributed by atoms with Gasteiger partial charge in [0, 0.05) is 33.7 Å². The Morgan fingerprint density at radius 2 is 1.24 bits per heavy atom. The lowest BCUT2D eigenvalue weighted by Crippen LogP contribution is -2.60. The van der Waals surface area contributed by atoms with Crippen molar-refractivity contribution in [1.82, 2.24) is 0 Å². The van der Waals surface area contributed by atoms with Crippen LogP contribution in [-0.2, 0) is 33.3 Å². The molecule has 0 aromatic carbocycles. The van der Waals surface area contributed by atoms with Gasteiger partial charge in [-0.2, -0.15) is 26.3 Å². The van der Waals surface area contributed by atoms with Gasteiger partial charge in [-0.15, -0.1) is 0 Å². The SMILES string of the molecule is CO[Si](C[N+]1(C)CCC(C(C)(C)C)C1)(OC)OC.O=S(=O)([N-]S(=O)(=O)C(F)(F)F)C(F)(F)F. The minimum atomic E-state index is -6.72. The van der Waals surface area contributed by atoms with Gasteiger partial charge in [-0.05, 0) is 5.41 Å². The van der Waals surface area contributed by atoms with Crippen molar-refractivity contribution >= 4 is 28.9 Å². The Bertz CT molecular complexity index is 805. The highest BCUT2D eigenvalue weighted by molar-refractivity contribution is 8.13. The fourth-order valence-corrected chi connectivity index (χ4v) is 6.98. The Morgan fingerprint density at radius 3 is 1.48 bits per heavy atom. The van der Waals surface area contributed by atoms with Gasteiger partial charge in [0.05, 0.1) is 20.1 Å². The molecule has 2 unspecified atom stereocenters. The molecule has 0 aromatic heterocycles. The van der Waals surface area contributed by atoms with Crippen LogP contribution in [0.25, 0.3) is 4.13 Å². The zero-order chi connectivity index (χ0) is 26.7. The van der Waals surface area contributed by atoms with E-state index in [4.69, 9.17) is 13.3 Å². The summed E-state index contributed by atoms with van der Waals surface area (Å²) in [5, 5.41) is 0. The summed E-state index contributed by atoms with van der Waals surface area (Å²) in [5.74, 6) is 0.764. The minimum Gasteiger partial charge on any atom is -0.421 e. The molecule has 33 heavy (non-hydrogen) atoms. The Labute approximate surface area is 191 Å². The quantitative estimate of drug-likeness (QED) is 0.269. The second kappa shape index (κ2) is 10.6. The van der Waals surface area contributed by atoms with Crippen LogP contribution < -0.4 is 0 Å². The number of hydrogen-bond donors (Lipinski definition) is 0. The van der Waals surface area contributed by atoms with Crippen LogP contribution in [0.1, 0.15) is 27.2 Å². The molecule has 1 saturated heterocycles. The monoisotopic (exact) mass is 556 g/mol. The Hall–Kier alpha value is -0.503. The maximum absolute atomic E-state index is 11.4. The molecular weight excluding hydrogens is 526 g/mol. The third kappa shape index (κ3) is 8.90. The zero-order valence-electron chi connectivity index (χ0n) is 19.2. The van der Waals surface area contributed by atoms with E-state index in [-0.39, 0.29) is 0 Å². The third-order valence-corrected chi connectivity index (χ3v) is 10.9. The molecule has 18 heteroatoms. The molecule has 200 valence electrons. The molecule has 0 bridgehead atoms. The predicted molar refractivity (Wildman–Crippen MR) is 108 cm³/mol. The van der Waals surface area contributed by atoms with Crippen molar-refractivity contribution < 1.29 is 60.9 Å². The van der Waals surface area contributed by atoms with Gasteiger partial charge in [0.2, 0.25) is 0 Å². The van der Waals surface area contributed by atoms with Gasteiger partial charge in [-0.3, -0.25) is 0 Å². The molecule has 0 spiro atoms. The van der Waals surface area contributed by atoms with E-state index in [0.29, 0.717) is 5.41 Å². The first-order valence-corrected chi connectivity index (χ1v) is 14.1. The number of rotatable bonds is 7. The van der Waals surface area contributed by atoms with E-state index in [1.165, 1.54) is 19.5 Å². The first kappa shape index (κ1) is 32.5. The van der Waals surface area contributed by atoms with Crippen molar-refractivity contribution in [3.8, 4) is 0 Å². The number of hydrogen-bond acceptors (Lipinski definition) is 7. The summed E-state index contributed by atoms with van der Waals surface area (Å²) in [5.41, 5.74) is -12.0. The summed E-state index contributed by atoms with van der Waals surface area (Å²) < 4.78 is 127. The van der Waals surface area contributed by atoms with Gasteiger partial charge < -0.3 is 21.9 Å². The largest absolute Gasteiger partial charge is 0.558 e. The first-order valence-electron chi connectivity index (χ1n) is 9.27. The van der Waals surface area contributed by atoms with Gasteiger partial charge in [-0.25, -0.2) is 16.8 Å². The summed E-state index contributed by atoms with van der Waals surface area (Å²) in [6, 6.07) is 0. The molecule has 1 rings (SSSR count). The average molecular weight is 557 g/mol. The molecule has 1 aliphatic rings. The van der Waals surface area contributed by atoms with Crippen molar-refractivity contribution in [2.45, 2.75) is 38.2 Å². The van der Waals surface area contributed by atoms with E-state index in [1.54, 1.807) is 21.3 Å². The first-order chi connectivity index (χ1) is 14.4. The predicted octanol–water partition coefficient (Wildman–Crippen LogP) is 2.98. The van der Waals surface area contributed by atoms with Crippen LogP contribution in [0.4, 0.5) is 26.3 Å². The molecule has 0 aliphatic carbocycles. The summed E-state index contributed by atoms with van der Waals surface area (Å²) in [6.07, 6.45) is 2.14. The number of likely N-dealkylation sites (tertiary alicyclic amines) is 1. The minimum absolute atomic E-state index is 0.382. The summed E-state index contributed by atoms with van der Waals surface area (Å²) in [7, 11) is -8.53. The maximum atomic E-state index is 11.4.